The number of sulfone groups is 1. The van der Waals surface area contributed by atoms with Crippen LogP contribution in [0.5, 0.6) is 0 Å². The lowest BCUT2D eigenvalue weighted by Gasteiger charge is -2.40. The number of hydrogen-bond acceptors (Lipinski definition) is 4. The van der Waals surface area contributed by atoms with Gasteiger partial charge in [-0.05, 0) is 62.6 Å². The van der Waals surface area contributed by atoms with Crippen molar-refractivity contribution in [2.75, 3.05) is 11.4 Å². The smallest absolute Gasteiger partial charge is 0.416 e. The molecular weight excluding hydrogens is 516 g/mol. The molecule has 1 fully saturated rings. The maximum Gasteiger partial charge on any atom is 0.416 e. The third-order valence-corrected chi connectivity index (χ3v) is 9.01. The molecule has 2 aromatic rings. The van der Waals surface area contributed by atoms with Gasteiger partial charge >= 0.3 is 18.3 Å². The molecule has 0 bridgehead atoms. The number of carboxylic acid groups (broad SMARTS) is 1. The number of piperidine rings is 1. The number of amides is 1. The van der Waals surface area contributed by atoms with E-state index in [4.69, 9.17) is 0 Å². The zero-order valence-electron chi connectivity index (χ0n) is 18.9. The monoisotopic (exact) mass is 537 g/mol. The Bertz CT molecular complexity index is 1300. The molecule has 36 heavy (non-hydrogen) atoms. The van der Waals surface area contributed by atoms with Crippen molar-refractivity contribution in [3.05, 3.63) is 59.2 Å². The van der Waals surface area contributed by atoms with Crippen LogP contribution in [0.2, 0.25) is 0 Å². The van der Waals surface area contributed by atoms with Crippen LogP contribution in [0.25, 0.3) is 0 Å². The Labute approximate surface area is 202 Å². The fourth-order valence-electron chi connectivity index (χ4n) is 4.16. The Hall–Kier alpha value is -3.09. The molecule has 1 heterocycles. The summed E-state index contributed by atoms with van der Waals surface area (Å²) in [6, 6.07) is 5.19. The van der Waals surface area contributed by atoms with Crippen LogP contribution in [0.4, 0.5) is 32.0 Å². The lowest BCUT2D eigenvalue weighted by molar-refractivity contribution is -0.138. The Balaban J connectivity index is 1.90. The topological polar surface area (TPSA) is 91.8 Å². The number of rotatable bonds is 5. The van der Waals surface area contributed by atoms with Crippen molar-refractivity contribution in [1.29, 1.82) is 0 Å². The lowest BCUT2D eigenvalue weighted by atomic mass is 9.85. The highest BCUT2D eigenvalue weighted by atomic mass is 32.2. The third-order valence-electron chi connectivity index (χ3n) is 6.42. The SMILES string of the molecule is CC(C)(C1CCN(c2ccc(C(F)(F)F)cc2C(=O)O)C(=O)C1)S(=O)(=O)c1cccc(C(F)(F)F)c1. The summed E-state index contributed by atoms with van der Waals surface area (Å²) in [6.45, 7) is 2.38. The first-order valence-electron chi connectivity index (χ1n) is 10.5. The number of anilines is 1. The summed E-state index contributed by atoms with van der Waals surface area (Å²) in [7, 11) is -4.36. The van der Waals surface area contributed by atoms with Crippen LogP contribution in [0.15, 0.2) is 47.4 Å². The molecule has 196 valence electrons. The van der Waals surface area contributed by atoms with E-state index in [2.05, 4.69) is 0 Å². The van der Waals surface area contributed by atoms with Crippen LogP contribution >= 0.6 is 0 Å². The Morgan fingerprint density at radius 3 is 2.08 bits per heavy atom. The van der Waals surface area contributed by atoms with Crippen LogP contribution in [0, 0.1) is 5.92 Å². The van der Waals surface area contributed by atoms with E-state index in [0.717, 1.165) is 29.2 Å². The molecule has 6 nitrogen and oxygen atoms in total. The van der Waals surface area contributed by atoms with Gasteiger partial charge < -0.3 is 10.0 Å². The molecule has 1 aliphatic heterocycles. The first-order chi connectivity index (χ1) is 16.4. The highest BCUT2D eigenvalue weighted by Crippen LogP contribution is 2.41. The molecule has 1 aliphatic rings. The van der Waals surface area contributed by atoms with Crippen molar-refractivity contribution in [3.8, 4) is 0 Å². The van der Waals surface area contributed by atoms with E-state index in [9.17, 15) is 49.5 Å². The van der Waals surface area contributed by atoms with E-state index < -0.39 is 72.7 Å². The largest absolute Gasteiger partial charge is 0.478 e. The molecule has 1 amide bonds. The molecule has 1 unspecified atom stereocenters. The average Bonchev–Trinajstić information content (AvgIpc) is 2.77. The summed E-state index contributed by atoms with van der Waals surface area (Å²) in [5.74, 6) is -3.26. The fraction of sp³-hybridized carbons (Fsp3) is 0.391. The summed E-state index contributed by atoms with van der Waals surface area (Å²) in [4.78, 5) is 24.9. The van der Waals surface area contributed by atoms with Crippen LogP contribution < -0.4 is 4.90 Å². The van der Waals surface area contributed by atoms with Gasteiger partial charge in [-0.25, -0.2) is 13.2 Å². The van der Waals surface area contributed by atoms with E-state index >= 15 is 0 Å². The highest BCUT2D eigenvalue weighted by Gasteiger charge is 2.47. The number of nitrogens with zero attached hydrogens (tertiary/aromatic N) is 1. The first-order valence-corrected chi connectivity index (χ1v) is 12.0. The molecule has 13 heteroatoms. The number of alkyl halides is 6. The molecule has 0 saturated carbocycles. The summed E-state index contributed by atoms with van der Waals surface area (Å²) in [6.07, 6.45) is -9.97. The van der Waals surface area contributed by atoms with Crippen molar-refractivity contribution in [3.63, 3.8) is 0 Å². The van der Waals surface area contributed by atoms with E-state index in [1.165, 1.54) is 13.8 Å². The van der Waals surface area contributed by atoms with E-state index in [1.807, 2.05) is 0 Å². The first kappa shape index (κ1) is 27.5. The number of carboxylic acids is 1. The van der Waals surface area contributed by atoms with Crippen molar-refractivity contribution in [1.82, 2.24) is 0 Å². The second kappa shape index (κ2) is 9.09. The zero-order chi connectivity index (χ0) is 27.3. The maximum absolute atomic E-state index is 13.3. The van der Waals surface area contributed by atoms with Gasteiger partial charge in [0.2, 0.25) is 5.91 Å². The van der Waals surface area contributed by atoms with Crippen molar-refractivity contribution in [2.24, 2.45) is 5.92 Å². The molecule has 3 rings (SSSR count). The van der Waals surface area contributed by atoms with Crippen LogP contribution in [0.3, 0.4) is 0 Å². The van der Waals surface area contributed by atoms with E-state index in [0.29, 0.717) is 18.2 Å². The summed E-state index contributed by atoms with van der Waals surface area (Å²) < 4.78 is 103. The second-order valence-corrected chi connectivity index (χ2v) is 11.4. The molecule has 0 aromatic heterocycles. The van der Waals surface area contributed by atoms with E-state index in [-0.39, 0.29) is 18.7 Å². The lowest BCUT2D eigenvalue weighted by Crippen LogP contribution is -2.49. The van der Waals surface area contributed by atoms with Crippen LogP contribution in [0.1, 0.15) is 48.2 Å². The number of halogens is 6. The van der Waals surface area contributed by atoms with Crippen molar-refractivity contribution in [2.45, 2.75) is 48.7 Å². The zero-order valence-corrected chi connectivity index (χ0v) is 19.8. The minimum absolute atomic E-state index is 0.0109. The van der Waals surface area contributed by atoms with E-state index in [1.54, 1.807) is 0 Å². The second-order valence-electron chi connectivity index (χ2n) is 8.90. The van der Waals surface area contributed by atoms with Gasteiger partial charge in [0.25, 0.3) is 0 Å². The van der Waals surface area contributed by atoms with Gasteiger partial charge in [0, 0.05) is 13.0 Å². The number of carbonyl (C=O) groups is 2. The number of benzene rings is 2. The van der Waals surface area contributed by atoms with Crippen molar-refractivity contribution < 1.29 is 49.5 Å². The number of carbonyl (C=O) groups excluding carboxylic acids is 1. The summed E-state index contributed by atoms with van der Waals surface area (Å²) in [5, 5.41) is 9.40. The summed E-state index contributed by atoms with van der Waals surface area (Å²) in [5.41, 5.74) is -3.36. The number of aromatic carboxylic acids is 1. The Morgan fingerprint density at radius 1 is 0.972 bits per heavy atom. The predicted molar refractivity (Wildman–Crippen MR) is 116 cm³/mol. The molecule has 0 aliphatic carbocycles. The molecular formula is C23H21F6NO5S. The normalized spacial score (nSPS) is 17.8. The Kier molecular flexibility index (Phi) is 6.94. The number of hydrogen-bond donors (Lipinski definition) is 1. The van der Waals surface area contributed by atoms with Gasteiger partial charge in [0.15, 0.2) is 9.84 Å². The van der Waals surface area contributed by atoms with Gasteiger partial charge in [0.05, 0.1) is 32.0 Å². The molecule has 2 aromatic carbocycles. The van der Waals surface area contributed by atoms with Gasteiger partial charge in [-0.1, -0.05) is 6.07 Å². The van der Waals surface area contributed by atoms with Crippen LogP contribution in [-0.2, 0) is 27.0 Å². The molecule has 1 saturated heterocycles. The maximum atomic E-state index is 13.3. The third kappa shape index (κ3) is 5.06. The molecule has 1 N–H and O–H groups in total. The fourth-order valence-corrected chi connectivity index (χ4v) is 5.95. The van der Waals surface area contributed by atoms with Crippen molar-refractivity contribution >= 4 is 27.4 Å². The standard InChI is InChI=1S/C23H21F6NO5S/c1-21(2,36(34,35)16-5-3-4-14(10-16)22(24,25)26)13-8-9-30(19(31)12-13)18-7-6-15(23(27,28)29)11-17(18)20(32)33/h3-7,10-11,13H,8-9,12H2,1-2H3,(H,32,33). The quantitative estimate of drug-likeness (QED) is 0.515. The van der Waals surface area contributed by atoms with Gasteiger partial charge in [-0.3, -0.25) is 4.79 Å². The molecule has 0 radical (unpaired) electrons. The predicted octanol–water partition coefficient (Wildman–Crippen LogP) is 5.42. The average molecular weight is 537 g/mol. The van der Waals surface area contributed by atoms with Gasteiger partial charge in [-0.2, -0.15) is 26.3 Å². The highest BCUT2D eigenvalue weighted by molar-refractivity contribution is 7.92. The minimum atomic E-state index is -4.80. The minimum Gasteiger partial charge on any atom is -0.478 e. The molecule has 1 atom stereocenters. The van der Waals surface area contributed by atoms with Gasteiger partial charge in [0.1, 0.15) is 0 Å². The van der Waals surface area contributed by atoms with Crippen LogP contribution in [-0.4, -0.2) is 36.7 Å². The Morgan fingerprint density at radius 2 is 1.56 bits per heavy atom. The summed E-state index contributed by atoms with van der Waals surface area (Å²) >= 11 is 0. The molecule has 0 spiro atoms. The van der Waals surface area contributed by atoms with Gasteiger partial charge in [-0.15, -0.1) is 0 Å².